The van der Waals surface area contributed by atoms with Gasteiger partial charge in [-0.05, 0) is 47.4 Å². The Kier molecular flexibility index (Phi) is 8.72. The number of carbonyl (C=O) groups is 3. The molecule has 14 heteroatoms. The van der Waals surface area contributed by atoms with Crippen LogP contribution in [0.2, 0.25) is 0 Å². The molecule has 2 aromatic carbocycles. The molecule has 0 aliphatic carbocycles. The Labute approximate surface area is 228 Å². The molecule has 0 unspecified atom stereocenters. The number of benzene rings is 2. The molecule has 1 aliphatic heterocycles. The topological polar surface area (TPSA) is 179 Å². The summed E-state index contributed by atoms with van der Waals surface area (Å²) in [5, 5.41) is 2.56. The van der Waals surface area contributed by atoms with Gasteiger partial charge in [-0.1, -0.05) is 39.0 Å². The third-order valence-corrected chi connectivity index (χ3v) is 8.02. The Morgan fingerprint density at radius 3 is 2.33 bits per heavy atom. The number of likely N-dealkylation sites (N-methyl/N-ethyl adjacent to an activating group) is 1. The number of hydrogen-bond donors (Lipinski definition) is 4. The molecule has 0 saturated carbocycles. The van der Waals surface area contributed by atoms with E-state index in [9.17, 15) is 31.2 Å². The van der Waals surface area contributed by atoms with Gasteiger partial charge in [-0.25, -0.2) is 13.1 Å². The molecule has 4 N–H and O–H groups in total. The Bertz CT molecular complexity index is 1500. The molecule has 0 spiro atoms. The lowest BCUT2D eigenvalue weighted by Gasteiger charge is -2.36. The Morgan fingerprint density at radius 1 is 1.03 bits per heavy atom. The first-order valence-electron chi connectivity index (χ1n) is 12.0. The maximum absolute atomic E-state index is 13.3. The van der Waals surface area contributed by atoms with Crippen LogP contribution in [0.25, 0.3) is 0 Å². The highest BCUT2D eigenvalue weighted by Gasteiger charge is 2.34. The van der Waals surface area contributed by atoms with Crippen molar-refractivity contribution in [1.82, 2.24) is 14.9 Å². The van der Waals surface area contributed by atoms with Crippen LogP contribution in [0.15, 0.2) is 47.4 Å². The number of hydrogen-bond acceptors (Lipinski definition) is 7. The minimum atomic E-state index is -4.49. The summed E-state index contributed by atoms with van der Waals surface area (Å²) < 4.78 is 60.9. The standard InChI is InChI=1S/C25H32N4O8S2/c1-25(2,3)24(32)28-38(33,34)20-7-5-6-16(12-20)8-11-22(30)29-15-18-13-19(27-39(35,36)37)10-9-17(18)14-21(29)23(31)26-4/h5-7,9-10,12-13,21,27H,8,11,14-15H2,1-4H3,(H,26,31)(H,28,32)(H,35,36,37)/t21-/m0/s1. The van der Waals surface area contributed by atoms with E-state index in [2.05, 4.69) is 10.0 Å². The maximum atomic E-state index is 13.3. The van der Waals surface area contributed by atoms with Crippen molar-refractivity contribution >= 4 is 43.7 Å². The highest BCUT2D eigenvalue weighted by Crippen LogP contribution is 2.28. The molecule has 39 heavy (non-hydrogen) atoms. The zero-order chi connectivity index (χ0) is 29.2. The molecular formula is C25H32N4O8S2. The lowest BCUT2D eigenvalue weighted by Crippen LogP contribution is -2.52. The quantitative estimate of drug-likeness (QED) is 0.338. The van der Waals surface area contributed by atoms with Crippen LogP contribution in [0.1, 0.15) is 43.9 Å². The van der Waals surface area contributed by atoms with Gasteiger partial charge in [0.2, 0.25) is 17.7 Å². The van der Waals surface area contributed by atoms with Gasteiger partial charge in [0, 0.05) is 31.8 Å². The lowest BCUT2D eigenvalue weighted by molar-refractivity contribution is -0.141. The van der Waals surface area contributed by atoms with Crippen LogP contribution in [-0.2, 0) is 54.1 Å². The molecule has 0 fully saturated rings. The third-order valence-electron chi connectivity index (χ3n) is 6.20. The average Bonchev–Trinajstić information content (AvgIpc) is 2.84. The van der Waals surface area contributed by atoms with Crippen molar-refractivity contribution < 1.29 is 35.8 Å². The lowest BCUT2D eigenvalue weighted by atomic mass is 9.92. The van der Waals surface area contributed by atoms with Crippen LogP contribution >= 0.6 is 0 Å². The Hall–Kier alpha value is -3.49. The largest absolute Gasteiger partial charge is 0.357 e. The van der Waals surface area contributed by atoms with Crippen LogP contribution in [-0.4, -0.2) is 57.1 Å². The fourth-order valence-electron chi connectivity index (χ4n) is 4.06. The van der Waals surface area contributed by atoms with E-state index in [0.29, 0.717) is 11.1 Å². The molecule has 12 nitrogen and oxygen atoms in total. The average molecular weight is 581 g/mol. The first-order valence-corrected chi connectivity index (χ1v) is 15.0. The van der Waals surface area contributed by atoms with E-state index >= 15 is 0 Å². The summed E-state index contributed by atoms with van der Waals surface area (Å²) in [6.07, 6.45) is 0.335. The zero-order valence-corrected chi connectivity index (χ0v) is 23.6. The molecule has 1 aliphatic rings. The van der Waals surface area contributed by atoms with Crippen molar-refractivity contribution in [3.63, 3.8) is 0 Å². The van der Waals surface area contributed by atoms with Crippen molar-refractivity contribution in [1.29, 1.82) is 0 Å². The van der Waals surface area contributed by atoms with Crippen LogP contribution < -0.4 is 14.8 Å². The van der Waals surface area contributed by atoms with E-state index in [-0.39, 0.29) is 48.2 Å². The maximum Gasteiger partial charge on any atom is 0.357 e. The number of rotatable bonds is 8. The van der Waals surface area contributed by atoms with Gasteiger partial charge < -0.3 is 10.2 Å². The van der Waals surface area contributed by atoms with Crippen molar-refractivity contribution in [3.8, 4) is 0 Å². The molecule has 3 amide bonds. The molecule has 2 aromatic rings. The predicted molar refractivity (Wildman–Crippen MR) is 143 cm³/mol. The number of amides is 3. The molecule has 0 saturated heterocycles. The van der Waals surface area contributed by atoms with Gasteiger partial charge in [0.05, 0.1) is 10.6 Å². The first-order chi connectivity index (χ1) is 18.0. The van der Waals surface area contributed by atoms with Gasteiger partial charge in [0.1, 0.15) is 6.04 Å². The minimum absolute atomic E-state index is 0.0283. The molecular weight excluding hydrogens is 548 g/mol. The molecule has 3 rings (SSSR count). The molecule has 0 radical (unpaired) electrons. The van der Waals surface area contributed by atoms with Gasteiger partial charge in [-0.3, -0.25) is 23.7 Å². The van der Waals surface area contributed by atoms with Gasteiger partial charge in [0.25, 0.3) is 10.0 Å². The molecule has 1 heterocycles. The van der Waals surface area contributed by atoms with Crippen LogP contribution in [0.3, 0.4) is 0 Å². The van der Waals surface area contributed by atoms with Crippen molar-refractivity contribution in [2.75, 3.05) is 11.8 Å². The number of nitrogens with zero attached hydrogens (tertiary/aromatic N) is 1. The van der Waals surface area contributed by atoms with Crippen molar-refractivity contribution in [2.45, 2.75) is 57.5 Å². The summed E-state index contributed by atoms with van der Waals surface area (Å²) in [6.45, 7) is 4.81. The molecule has 0 bridgehead atoms. The van der Waals surface area contributed by atoms with Gasteiger partial charge >= 0.3 is 10.3 Å². The minimum Gasteiger partial charge on any atom is -0.357 e. The molecule has 1 atom stereocenters. The summed E-state index contributed by atoms with van der Waals surface area (Å²) in [6, 6.07) is 9.70. The second kappa shape index (κ2) is 11.3. The first kappa shape index (κ1) is 30.1. The monoisotopic (exact) mass is 580 g/mol. The van der Waals surface area contributed by atoms with E-state index in [4.69, 9.17) is 4.55 Å². The van der Waals surface area contributed by atoms with Gasteiger partial charge in [0.15, 0.2) is 0 Å². The summed E-state index contributed by atoms with van der Waals surface area (Å²) in [5.74, 6) is -1.38. The van der Waals surface area contributed by atoms with Crippen LogP contribution in [0, 0.1) is 5.41 Å². The van der Waals surface area contributed by atoms with Crippen molar-refractivity contribution in [2.24, 2.45) is 5.41 Å². The zero-order valence-electron chi connectivity index (χ0n) is 22.0. The second-order valence-electron chi connectivity index (χ2n) is 10.2. The van der Waals surface area contributed by atoms with Crippen molar-refractivity contribution in [3.05, 3.63) is 59.2 Å². The van der Waals surface area contributed by atoms with E-state index in [1.807, 2.05) is 4.72 Å². The number of nitrogens with one attached hydrogen (secondary N) is 3. The third kappa shape index (κ3) is 7.77. The predicted octanol–water partition coefficient (Wildman–Crippen LogP) is 1.38. The smallest absolute Gasteiger partial charge is 0.357 e. The van der Waals surface area contributed by atoms with Crippen LogP contribution in [0.4, 0.5) is 5.69 Å². The normalized spacial score (nSPS) is 15.7. The van der Waals surface area contributed by atoms with E-state index in [0.717, 1.165) is 5.56 Å². The highest BCUT2D eigenvalue weighted by atomic mass is 32.2. The van der Waals surface area contributed by atoms with E-state index in [1.54, 1.807) is 32.9 Å². The number of anilines is 1. The number of fused-ring (bicyclic) bond motifs is 1. The number of carbonyl (C=O) groups excluding carboxylic acids is 3. The van der Waals surface area contributed by atoms with E-state index < -0.39 is 37.7 Å². The van der Waals surface area contributed by atoms with Gasteiger partial charge in [-0.15, -0.1) is 0 Å². The fraction of sp³-hybridized carbons (Fsp3) is 0.400. The van der Waals surface area contributed by atoms with Gasteiger partial charge in [-0.2, -0.15) is 8.42 Å². The molecule has 212 valence electrons. The summed E-state index contributed by atoms with van der Waals surface area (Å²) >= 11 is 0. The summed E-state index contributed by atoms with van der Waals surface area (Å²) in [4.78, 5) is 39.4. The number of sulfonamides is 1. The Morgan fingerprint density at radius 2 is 1.72 bits per heavy atom. The fourth-order valence-corrected chi connectivity index (χ4v) is 5.71. The SMILES string of the molecule is CNC(=O)[C@@H]1Cc2ccc(NS(=O)(=O)O)cc2CN1C(=O)CCc1cccc(S(=O)(=O)NC(=O)C(C)(C)C)c1. The van der Waals surface area contributed by atoms with Crippen LogP contribution in [0.5, 0.6) is 0 Å². The Balaban J connectivity index is 1.78. The number of aryl methyl sites for hydroxylation is 1. The second-order valence-corrected chi connectivity index (χ2v) is 13.1. The van der Waals surface area contributed by atoms with E-state index in [1.165, 1.54) is 42.3 Å². The summed E-state index contributed by atoms with van der Waals surface area (Å²) in [5.41, 5.74) is 1.11. The molecule has 0 aromatic heterocycles. The highest BCUT2D eigenvalue weighted by molar-refractivity contribution is 7.90. The summed E-state index contributed by atoms with van der Waals surface area (Å²) in [7, 11) is -7.14.